The maximum Gasteiger partial charge on any atom is 0.270 e. The molecule has 2 aliphatic carbocycles. The van der Waals surface area contributed by atoms with Gasteiger partial charge in [-0.2, -0.15) is 0 Å². The van der Waals surface area contributed by atoms with E-state index in [2.05, 4.69) is 26.7 Å². The molecular formula is C16H22N4O. The second-order valence-corrected chi connectivity index (χ2v) is 5.82. The largest absolute Gasteiger partial charge is 0.370 e. The van der Waals surface area contributed by atoms with Gasteiger partial charge in [-0.25, -0.2) is 9.97 Å². The zero-order valence-corrected chi connectivity index (χ0v) is 12.3. The van der Waals surface area contributed by atoms with Gasteiger partial charge < -0.3 is 10.6 Å². The average molecular weight is 286 g/mol. The highest BCUT2D eigenvalue weighted by atomic mass is 16.2. The van der Waals surface area contributed by atoms with E-state index in [0.29, 0.717) is 11.7 Å². The third-order valence-corrected chi connectivity index (χ3v) is 3.95. The van der Waals surface area contributed by atoms with Crippen LogP contribution in [0.5, 0.6) is 0 Å². The number of allylic oxidation sites excluding steroid dienone is 1. The minimum atomic E-state index is -0.0991. The summed E-state index contributed by atoms with van der Waals surface area (Å²) in [4.78, 5) is 20.2. The van der Waals surface area contributed by atoms with Crippen LogP contribution in [0.1, 0.15) is 55.4 Å². The van der Waals surface area contributed by atoms with Crippen LogP contribution in [0.3, 0.4) is 0 Å². The summed E-state index contributed by atoms with van der Waals surface area (Å²) < 4.78 is 0. The number of anilines is 1. The van der Waals surface area contributed by atoms with E-state index >= 15 is 0 Å². The molecule has 0 atom stereocenters. The van der Waals surface area contributed by atoms with Gasteiger partial charge in [-0.15, -0.1) is 0 Å². The minimum absolute atomic E-state index is 0.0991. The van der Waals surface area contributed by atoms with Crippen LogP contribution in [0.4, 0.5) is 5.82 Å². The molecule has 2 N–H and O–H groups in total. The molecule has 21 heavy (non-hydrogen) atoms. The summed E-state index contributed by atoms with van der Waals surface area (Å²) in [6.07, 6.45) is 12.1. The Balaban J connectivity index is 1.50. The maximum absolute atomic E-state index is 11.9. The lowest BCUT2D eigenvalue weighted by molar-refractivity contribution is 0.0946. The van der Waals surface area contributed by atoms with Crippen molar-refractivity contribution in [2.45, 2.75) is 51.0 Å². The molecule has 0 saturated heterocycles. The highest BCUT2D eigenvalue weighted by Gasteiger charge is 2.24. The van der Waals surface area contributed by atoms with E-state index in [1.54, 1.807) is 6.07 Å². The van der Waals surface area contributed by atoms with E-state index in [9.17, 15) is 4.79 Å². The van der Waals surface area contributed by atoms with Crippen molar-refractivity contribution in [1.29, 1.82) is 0 Å². The molecule has 0 aliphatic heterocycles. The number of amides is 1. The van der Waals surface area contributed by atoms with Crippen molar-refractivity contribution < 1.29 is 4.79 Å². The Labute approximate surface area is 125 Å². The quantitative estimate of drug-likeness (QED) is 0.789. The number of carbonyl (C=O) groups excluding carboxylic acids is 1. The topological polar surface area (TPSA) is 66.9 Å². The maximum atomic E-state index is 11.9. The summed E-state index contributed by atoms with van der Waals surface area (Å²) in [5, 5.41) is 6.22. The van der Waals surface area contributed by atoms with Crippen molar-refractivity contribution in [3.63, 3.8) is 0 Å². The molecule has 3 rings (SSSR count). The van der Waals surface area contributed by atoms with E-state index in [4.69, 9.17) is 0 Å². The molecule has 0 aromatic carbocycles. The van der Waals surface area contributed by atoms with E-state index in [0.717, 1.165) is 31.6 Å². The molecule has 1 amide bonds. The third kappa shape index (κ3) is 4.28. The molecule has 0 unspecified atom stereocenters. The molecule has 5 heteroatoms. The fraction of sp³-hybridized carbons (Fsp3) is 0.562. The average Bonchev–Trinajstić information content (AvgIpc) is 3.33. The van der Waals surface area contributed by atoms with Crippen molar-refractivity contribution in [3.05, 3.63) is 29.7 Å². The Morgan fingerprint density at radius 2 is 2.19 bits per heavy atom. The molecule has 112 valence electrons. The Morgan fingerprint density at radius 3 is 2.95 bits per heavy atom. The lowest BCUT2D eigenvalue weighted by Gasteiger charge is -2.13. The molecule has 0 spiro atoms. The monoisotopic (exact) mass is 286 g/mol. The Kier molecular flexibility index (Phi) is 4.48. The molecule has 1 heterocycles. The van der Waals surface area contributed by atoms with Crippen LogP contribution >= 0.6 is 0 Å². The van der Waals surface area contributed by atoms with Crippen LogP contribution in [-0.2, 0) is 0 Å². The van der Waals surface area contributed by atoms with Crippen LogP contribution in [-0.4, -0.2) is 28.5 Å². The number of rotatable bonds is 6. The lowest BCUT2D eigenvalue weighted by Crippen LogP contribution is -2.26. The summed E-state index contributed by atoms with van der Waals surface area (Å²) in [6, 6.07) is 2.08. The molecular weight excluding hydrogens is 264 g/mol. The molecule has 2 aliphatic rings. The second kappa shape index (κ2) is 6.70. The van der Waals surface area contributed by atoms with Crippen LogP contribution in [0, 0.1) is 0 Å². The zero-order valence-electron chi connectivity index (χ0n) is 12.3. The van der Waals surface area contributed by atoms with Crippen LogP contribution in [0.2, 0.25) is 0 Å². The summed E-state index contributed by atoms with van der Waals surface area (Å²) in [7, 11) is 0. The molecule has 1 fully saturated rings. The van der Waals surface area contributed by atoms with E-state index < -0.39 is 0 Å². The number of nitrogens with one attached hydrogen (secondary N) is 2. The fourth-order valence-corrected chi connectivity index (χ4v) is 2.55. The first kappa shape index (κ1) is 14.0. The number of hydrogen-bond donors (Lipinski definition) is 2. The van der Waals surface area contributed by atoms with Crippen molar-refractivity contribution in [1.82, 2.24) is 15.3 Å². The van der Waals surface area contributed by atoms with Gasteiger partial charge in [-0.05, 0) is 44.9 Å². The third-order valence-electron chi connectivity index (χ3n) is 3.95. The smallest absolute Gasteiger partial charge is 0.270 e. The van der Waals surface area contributed by atoms with Gasteiger partial charge in [0.2, 0.25) is 0 Å². The number of nitrogens with zero attached hydrogens (tertiary/aromatic N) is 2. The van der Waals surface area contributed by atoms with Gasteiger partial charge in [0.1, 0.15) is 17.8 Å². The Morgan fingerprint density at radius 1 is 1.29 bits per heavy atom. The molecule has 1 aromatic rings. The van der Waals surface area contributed by atoms with Gasteiger partial charge in [-0.1, -0.05) is 11.6 Å². The van der Waals surface area contributed by atoms with Crippen LogP contribution < -0.4 is 10.6 Å². The molecule has 1 aromatic heterocycles. The van der Waals surface area contributed by atoms with Crippen LogP contribution in [0.15, 0.2) is 24.0 Å². The first-order valence-corrected chi connectivity index (χ1v) is 7.86. The van der Waals surface area contributed by atoms with Crippen molar-refractivity contribution >= 4 is 11.7 Å². The Bertz CT molecular complexity index is 537. The summed E-state index contributed by atoms with van der Waals surface area (Å²) in [5.74, 6) is 0.625. The standard InChI is InChI=1S/C16H22N4O/c21-16(20-13-6-7-13)14-10-15(19-11-18-14)17-9-8-12-4-2-1-3-5-12/h4,10-11,13H,1-3,5-9H2,(H,20,21)(H,17,18,19). The molecule has 5 nitrogen and oxygen atoms in total. The highest BCUT2D eigenvalue weighted by Crippen LogP contribution is 2.20. The number of aromatic nitrogens is 2. The van der Waals surface area contributed by atoms with Gasteiger partial charge in [0.15, 0.2) is 0 Å². The predicted octanol–water partition coefficient (Wildman–Crippen LogP) is 2.67. The van der Waals surface area contributed by atoms with Gasteiger partial charge in [-0.3, -0.25) is 4.79 Å². The van der Waals surface area contributed by atoms with Crippen molar-refractivity contribution in [2.75, 3.05) is 11.9 Å². The van der Waals surface area contributed by atoms with Gasteiger partial charge in [0, 0.05) is 18.7 Å². The Hall–Kier alpha value is -1.91. The first-order chi connectivity index (χ1) is 10.3. The number of carbonyl (C=O) groups is 1. The second-order valence-electron chi connectivity index (χ2n) is 5.82. The van der Waals surface area contributed by atoms with Crippen molar-refractivity contribution in [2.24, 2.45) is 0 Å². The van der Waals surface area contributed by atoms with Crippen LogP contribution in [0.25, 0.3) is 0 Å². The first-order valence-electron chi connectivity index (χ1n) is 7.86. The van der Waals surface area contributed by atoms with Gasteiger partial charge in [0.05, 0.1) is 0 Å². The van der Waals surface area contributed by atoms with E-state index in [1.165, 1.54) is 37.6 Å². The lowest BCUT2D eigenvalue weighted by atomic mass is 9.97. The molecule has 0 radical (unpaired) electrons. The minimum Gasteiger partial charge on any atom is -0.370 e. The predicted molar refractivity (Wildman–Crippen MR) is 82.2 cm³/mol. The SMILES string of the molecule is O=C(NC1CC1)c1cc(NCCC2=CCCCC2)ncn1. The zero-order chi connectivity index (χ0) is 14.5. The summed E-state index contributed by atoms with van der Waals surface area (Å²) >= 11 is 0. The normalized spacial score (nSPS) is 18.0. The van der Waals surface area contributed by atoms with Gasteiger partial charge in [0.25, 0.3) is 5.91 Å². The highest BCUT2D eigenvalue weighted by molar-refractivity contribution is 5.93. The molecule has 1 saturated carbocycles. The van der Waals surface area contributed by atoms with E-state index in [-0.39, 0.29) is 5.91 Å². The fourth-order valence-electron chi connectivity index (χ4n) is 2.55. The summed E-state index contributed by atoms with van der Waals surface area (Å²) in [5.41, 5.74) is 1.98. The number of hydrogen-bond acceptors (Lipinski definition) is 4. The molecule has 0 bridgehead atoms. The van der Waals surface area contributed by atoms with Gasteiger partial charge >= 0.3 is 0 Å². The van der Waals surface area contributed by atoms with E-state index in [1.807, 2.05) is 0 Å². The summed E-state index contributed by atoms with van der Waals surface area (Å²) in [6.45, 7) is 0.854. The van der Waals surface area contributed by atoms with Crippen molar-refractivity contribution in [3.8, 4) is 0 Å².